The fraction of sp³-hybridized carbons (Fsp3) is 0.533. The quantitative estimate of drug-likeness (QED) is 0.220. The highest BCUT2D eigenvalue weighted by molar-refractivity contribution is 14.0. The van der Waals surface area contributed by atoms with Gasteiger partial charge in [-0.25, -0.2) is 17.5 Å². The van der Waals surface area contributed by atoms with Gasteiger partial charge in [0, 0.05) is 19.6 Å². The lowest BCUT2D eigenvalue weighted by Crippen LogP contribution is -2.39. The van der Waals surface area contributed by atoms with Gasteiger partial charge in [0.1, 0.15) is 5.82 Å². The standard InChI is InChI=1S/C15H25FN4O2S.HI/c1-3-17-15(19-11-12-20-23(21,22)4-2)18-10-9-13-5-7-14(16)8-6-13;/h5-8,20H,3-4,9-12H2,1-2H3,(H2,17,18,19);1H. The summed E-state index contributed by atoms with van der Waals surface area (Å²) in [7, 11) is -3.18. The first kappa shape index (κ1) is 23.1. The van der Waals surface area contributed by atoms with Crippen molar-refractivity contribution in [2.45, 2.75) is 20.3 Å². The molecule has 0 fully saturated rings. The SMILES string of the molecule is CCNC(=NCCNS(=O)(=O)CC)NCCc1ccc(F)cc1.I. The molecule has 0 heterocycles. The van der Waals surface area contributed by atoms with E-state index in [4.69, 9.17) is 0 Å². The van der Waals surface area contributed by atoms with Gasteiger partial charge in [0.15, 0.2) is 5.96 Å². The van der Waals surface area contributed by atoms with Crippen molar-refractivity contribution >= 4 is 40.0 Å². The first-order valence-corrected chi connectivity index (χ1v) is 9.36. The molecule has 6 nitrogen and oxygen atoms in total. The molecular weight excluding hydrogens is 446 g/mol. The van der Waals surface area contributed by atoms with Crippen LogP contribution in [0.2, 0.25) is 0 Å². The van der Waals surface area contributed by atoms with E-state index in [1.807, 2.05) is 6.92 Å². The minimum Gasteiger partial charge on any atom is -0.357 e. The molecule has 0 aliphatic rings. The van der Waals surface area contributed by atoms with Crippen molar-refractivity contribution in [3.63, 3.8) is 0 Å². The largest absolute Gasteiger partial charge is 0.357 e. The van der Waals surface area contributed by atoms with E-state index < -0.39 is 10.0 Å². The lowest BCUT2D eigenvalue weighted by atomic mass is 10.1. The summed E-state index contributed by atoms with van der Waals surface area (Å²) < 4.78 is 37.9. The number of nitrogens with zero attached hydrogens (tertiary/aromatic N) is 1. The molecule has 0 radical (unpaired) electrons. The lowest BCUT2D eigenvalue weighted by Gasteiger charge is -2.11. The Hall–Kier alpha value is -0.940. The van der Waals surface area contributed by atoms with Crippen LogP contribution in [0.15, 0.2) is 29.3 Å². The van der Waals surface area contributed by atoms with Crippen LogP contribution in [0.1, 0.15) is 19.4 Å². The minimum atomic E-state index is -3.18. The molecule has 0 unspecified atom stereocenters. The third kappa shape index (κ3) is 10.0. The van der Waals surface area contributed by atoms with E-state index in [0.29, 0.717) is 25.6 Å². The summed E-state index contributed by atoms with van der Waals surface area (Å²) in [5.74, 6) is 0.448. The predicted molar refractivity (Wildman–Crippen MR) is 107 cm³/mol. The Labute approximate surface area is 160 Å². The molecule has 1 aromatic carbocycles. The van der Waals surface area contributed by atoms with Gasteiger partial charge in [-0.15, -0.1) is 24.0 Å². The number of nitrogens with one attached hydrogen (secondary N) is 3. The van der Waals surface area contributed by atoms with Gasteiger partial charge in [-0.1, -0.05) is 12.1 Å². The van der Waals surface area contributed by atoms with Gasteiger partial charge < -0.3 is 10.6 Å². The lowest BCUT2D eigenvalue weighted by molar-refractivity contribution is 0.583. The number of halogens is 2. The van der Waals surface area contributed by atoms with Crippen LogP contribution in [0.3, 0.4) is 0 Å². The Kier molecular flexibility index (Phi) is 11.9. The summed E-state index contributed by atoms with van der Waals surface area (Å²) in [4.78, 5) is 4.30. The Balaban J connectivity index is 0.00000529. The van der Waals surface area contributed by atoms with Crippen molar-refractivity contribution in [1.82, 2.24) is 15.4 Å². The van der Waals surface area contributed by atoms with E-state index in [2.05, 4.69) is 20.3 Å². The number of aliphatic imine (C=N–C) groups is 1. The van der Waals surface area contributed by atoms with Crippen molar-refractivity contribution < 1.29 is 12.8 Å². The van der Waals surface area contributed by atoms with Gasteiger partial charge in [0.05, 0.1) is 12.3 Å². The maximum absolute atomic E-state index is 12.8. The molecule has 24 heavy (non-hydrogen) atoms. The maximum atomic E-state index is 12.8. The molecule has 1 aromatic rings. The summed E-state index contributed by atoms with van der Waals surface area (Å²) in [6.07, 6.45) is 0.743. The molecule has 3 N–H and O–H groups in total. The molecular formula is C15H26FIN4O2S. The van der Waals surface area contributed by atoms with Crippen LogP contribution in [-0.4, -0.2) is 46.3 Å². The second-order valence-electron chi connectivity index (χ2n) is 4.86. The van der Waals surface area contributed by atoms with Gasteiger partial charge in [0.25, 0.3) is 0 Å². The average Bonchev–Trinajstić information content (AvgIpc) is 2.53. The van der Waals surface area contributed by atoms with Crippen LogP contribution in [0.4, 0.5) is 4.39 Å². The second-order valence-corrected chi connectivity index (χ2v) is 6.96. The van der Waals surface area contributed by atoms with E-state index >= 15 is 0 Å². The Bertz CT molecular complexity index is 594. The number of guanidine groups is 1. The summed E-state index contributed by atoms with van der Waals surface area (Å²) in [6.45, 7) is 5.53. The first-order chi connectivity index (χ1) is 11.0. The smallest absolute Gasteiger partial charge is 0.211 e. The molecule has 0 atom stereocenters. The second kappa shape index (κ2) is 12.4. The van der Waals surface area contributed by atoms with Crippen LogP contribution < -0.4 is 15.4 Å². The molecule has 1 rings (SSSR count). The number of rotatable bonds is 9. The van der Waals surface area contributed by atoms with Gasteiger partial charge in [-0.05, 0) is 38.0 Å². The fourth-order valence-corrected chi connectivity index (χ4v) is 2.40. The topological polar surface area (TPSA) is 82.6 Å². The third-order valence-electron chi connectivity index (χ3n) is 3.05. The van der Waals surface area contributed by atoms with Gasteiger partial charge >= 0.3 is 0 Å². The Morgan fingerprint density at radius 2 is 1.79 bits per heavy atom. The Morgan fingerprint density at radius 3 is 2.38 bits per heavy atom. The van der Waals surface area contributed by atoms with Crippen molar-refractivity contribution in [1.29, 1.82) is 0 Å². The van der Waals surface area contributed by atoms with E-state index in [0.717, 1.165) is 12.0 Å². The predicted octanol–water partition coefficient (Wildman–Crippen LogP) is 1.48. The zero-order valence-electron chi connectivity index (χ0n) is 14.0. The van der Waals surface area contributed by atoms with E-state index in [-0.39, 0.29) is 42.1 Å². The average molecular weight is 472 g/mol. The minimum absolute atomic E-state index is 0. The zero-order chi connectivity index (χ0) is 17.1. The zero-order valence-corrected chi connectivity index (χ0v) is 17.2. The van der Waals surface area contributed by atoms with Gasteiger partial charge in [0.2, 0.25) is 10.0 Å². The van der Waals surface area contributed by atoms with E-state index in [1.165, 1.54) is 12.1 Å². The normalized spacial score (nSPS) is 11.7. The van der Waals surface area contributed by atoms with Crippen LogP contribution in [-0.2, 0) is 16.4 Å². The molecule has 0 bridgehead atoms. The van der Waals surface area contributed by atoms with Crippen molar-refractivity contribution in [3.05, 3.63) is 35.6 Å². The molecule has 0 saturated heterocycles. The Morgan fingerprint density at radius 1 is 1.12 bits per heavy atom. The van der Waals surface area contributed by atoms with Crippen molar-refractivity contribution in [2.24, 2.45) is 4.99 Å². The first-order valence-electron chi connectivity index (χ1n) is 7.70. The number of benzene rings is 1. The highest BCUT2D eigenvalue weighted by Crippen LogP contribution is 2.02. The molecule has 9 heteroatoms. The van der Waals surface area contributed by atoms with Crippen LogP contribution in [0.25, 0.3) is 0 Å². The molecule has 0 amide bonds. The molecule has 0 aliphatic carbocycles. The molecule has 0 spiro atoms. The van der Waals surface area contributed by atoms with Crippen molar-refractivity contribution in [2.75, 3.05) is 31.9 Å². The van der Waals surface area contributed by atoms with Gasteiger partial charge in [-0.3, -0.25) is 4.99 Å². The van der Waals surface area contributed by atoms with Crippen molar-refractivity contribution in [3.8, 4) is 0 Å². The van der Waals surface area contributed by atoms with E-state index in [9.17, 15) is 12.8 Å². The van der Waals surface area contributed by atoms with Gasteiger partial charge in [-0.2, -0.15) is 0 Å². The third-order valence-corrected chi connectivity index (χ3v) is 4.45. The van der Waals surface area contributed by atoms with Crippen LogP contribution in [0, 0.1) is 5.82 Å². The number of sulfonamides is 1. The summed E-state index contributed by atoms with van der Waals surface area (Å²) in [6, 6.07) is 6.38. The molecule has 0 aliphatic heterocycles. The molecule has 0 aromatic heterocycles. The monoisotopic (exact) mass is 472 g/mol. The highest BCUT2D eigenvalue weighted by Gasteiger charge is 2.04. The summed E-state index contributed by atoms with van der Waals surface area (Å²) >= 11 is 0. The van der Waals surface area contributed by atoms with Crippen LogP contribution >= 0.6 is 24.0 Å². The summed E-state index contributed by atoms with van der Waals surface area (Å²) in [5.41, 5.74) is 1.03. The summed E-state index contributed by atoms with van der Waals surface area (Å²) in [5, 5.41) is 6.25. The molecule has 138 valence electrons. The molecule has 0 saturated carbocycles. The maximum Gasteiger partial charge on any atom is 0.211 e. The number of hydrogen-bond acceptors (Lipinski definition) is 3. The van der Waals surface area contributed by atoms with Crippen LogP contribution in [0.5, 0.6) is 0 Å². The highest BCUT2D eigenvalue weighted by atomic mass is 127. The number of hydrogen-bond donors (Lipinski definition) is 3. The fourth-order valence-electron chi connectivity index (χ4n) is 1.79. The van der Waals surface area contributed by atoms with E-state index in [1.54, 1.807) is 19.1 Å².